The molecule has 0 spiro atoms. The Balaban J connectivity index is 1.80. The van der Waals surface area contributed by atoms with Gasteiger partial charge in [-0.15, -0.1) is 0 Å². The van der Waals surface area contributed by atoms with Gasteiger partial charge in [0.25, 0.3) is 0 Å². The average Bonchev–Trinajstić information content (AvgIpc) is 2.63. The zero-order valence-corrected chi connectivity index (χ0v) is 15.4. The highest BCUT2D eigenvalue weighted by molar-refractivity contribution is 5.77. The van der Waals surface area contributed by atoms with Crippen molar-refractivity contribution in [1.82, 2.24) is 10.2 Å². The zero-order valence-electron chi connectivity index (χ0n) is 15.4. The van der Waals surface area contributed by atoms with Gasteiger partial charge in [-0.3, -0.25) is 4.79 Å². The molecule has 2 rings (SSSR count). The summed E-state index contributed by atoms with van der Waals surface area (Å²) in [5, 5.41) is 2.97. The van der Waals surface area contributed by atoms with E-state index in [4.69, 9.17) is 4.74 Å². The SMILES string of the molecule is CCc1ccc(C(CNC(=O)COCc2ccccc2)N(C)C)cc1. The maximum atomic E-state index is 12.0. The fourth-order valence-electron chi connectivity index (χ4n) is 2.67. The van der Waals surface area contributed by atoms with E-state index >= 15 is 0 Å². The van der Waals surface area contributed by atoms with Crippen LogP contribution in [0.15, 0.2) is 54.6 Å². The van der Waals surface area contributed by atoms with Crippen LogP contribution < -0.4 is 5.32 Å². The summed E-state index contributed by atoms with van der Waals surface area (Å²) in [7, 11) is 4.05. The van der Waals surface area contributed by atoms with Crippen LogP contribution in [0.2, 0.25) is 0 Å². The van der Waals surface area contributed by atoms with Gasteiger partial charge in [-0.2, -0.15) is 0 Å². The highest BCUT2D eigenvalue weighted by Gasteiger charge is 2.15. The third-order valence-electron chi connectivity index (χ3n) is 4.23. The molecule has 0 aliphatic carbocycles. The smallest absolute Gasteiger partial charge is 0.246 e. The molecule has 0 aliphatic heterocycles. The van der Waals surface area contributed by atoms with Gasteiger partial charge in [-0.05, 0) is 37.2 Å². The topological polar surface area (TPSA) is 41.6 Å². The first-order valence-electron chi connectivity index (χ1n) is 8.73. The van der Waals surface area contributed by atoms with Crippen molar-refractivity contribution in [3.05, 3.63) is 71.3 Å². The maximum absolute atomic E-state index is 12.0. The highest BCUT2D eigenvalue weighted by Crippen LogP contribution is 2.18. The van der Waals surface area contributed by atoms with E-state index in [9.17, 15) is 4.79 Å². The summed E-state index contributed by atoms with van der Waals surface area (Å²) in [6.07, 6.45) is 1.03. The molecule has 0 saturated heterocycles. The fraction of sp³-hybridized carbons (Fsp3) is 0.381. The van der Waals surface area contributed by atoms with Crippen LogP contribution in [0.5, 0.6) is 0 Å². The summed E-state index contributed by atoms with van der Waals surface area (Å²) in [5.74, 6) is -0.0899. The number of benzene rings is 2. The van der Waals surface area contributed by atoms with E-state index in [1.165, 1.54) is 11.1 Å². The predicted octanol–water partition coefficient (Wildman–Crippen LogP) is 3.18. The van der Waals surface area contributed by atoms with Gasteiger partial charge in [0, 0.05) is 6.54 Å². The highest BCUT2D eigenvalue weighted by atomic mass is 16.5. The molecule has 4 nitrogen and oxygen atoms in total. The van der Waals surface area contributed by atoms with Gasteiger partial charge in [0.2, 0.25) is 5.91 Å². The molecule has 25 heavy (non-hydrogen) atoms. The number of aryl methyl sites for hydroxylation is 1. The van der Waals surface area contributed by atoms with Crippen molar-refractivity contribution in [2.24, 2.45) is 0 Å². The third kappa shape index (κ3) is 6.33. The minimum absolute atomic E-state index is 0.0732. The fourth-order valence-corrected chi connectivity index (χ4v) is 2.67. The molecular weight excluding hydrogens is 312 g/mol. The molecule has 0 radical (unpaired) electrons. The monoisotopic (exact) mass is 340 g/mol. The number of amides is 1. The van der Waals surface area contributed by atoms with Crippen LogP contribution in [0.1, 0.15) is 29.7 Å². The largest absolute Gasteiger partial charge is 0.367 e. The zero-order chi connectivity index (χ0) is 18.1. The number of carbonyl (C=O) groups excluding carboxylic acids is 1. The Kier molecular flexibility index (Phi) is 7.64. The molecule has 1 atom stereocenters. The summed E-state index contributed by atoms with van der Waals surface area (Å²) in [4.78, 5) is 14.2. The van der Waals surface area contributed by atoms with Crippen molar-refractivity contribution in [2.75, 3.05) is 27.2 Å². The molecule has 0 aromatic heterocycles. The van der Waals surface area contributed by atoms with Crippen molar-refractivity contribution >= 4 is 5.91 Å². The lowest BCUT2D eigenvalue weighted by atomic mass is 10.0. The van der Waals surface area contributed by atoms with Crippen LogP contribution in [-0.4, -0.2) is 38.1 Å². The predicted molar refractivity (Wildman–Crippen MR) is 101 cm³/mol. The maximum Gasteiger partial charge on any atom is 0.246 e. The lowest BCUT2D eigenvalue weighted by Crippen LogP contribution is -2.36. The molecule has 0 aliphatic rings. The number of nitrogens with one attached hydrogen (secondary N) is 1. The molecule has 0 fully saturated rings. The Morgan fingerprint density at radius 1 is 1.04 bits per heavy atom. The van der Waals surface area contributed by atoms with Crippen molar-refractivity contribution in [1.29, 1.82) is 0 Å². The Bertz CT molecular complexity index is 639. The van der Waals surface area contributed by atoms with Crippen LogP contribution in [-0.2, 0) is 22.6 Å². The van der Waals surface area contributed by atoms with Crippen LogP contribution in [0.4, 0.5) is 0 Å². The third-order valence-corrected chi connectivity index (χ3v) is 4.23. The average molecular weight is 340 g/mol. The number of rotatable bonds is 9. The normalized spacial score (nSPS) is 12.2. The number of ether oxygens (including phenoxy) is 1. The number of hydrogen-bond acceptors (Lipinski definition) is 3. The number of likely N-dealkylation sites (N-methyl/N-ethyl adjacent to an activating group) is 1. The molecule has 4 heteroatoms. The minimum Gasteiger partial charge on any atom is -0.367 e. The first kappa shape index (κ1) is 19.2. The Morgan fingerprint density at radius 2 is 1.72 bits per heavy atom. The summed E-state index contributed by atoms with van der Waals surface area (Å²) >= 11 is 0. The quantitative estimate of drug-likeness (QED) is 0.762. The van der Waals surface area contributed by atoms with Crippen LogP contribution in [0.25, 0.3) is 0 Å². The van der Waals surface area contributed by atoms with Crippen LogP contribution >= 0.6 is 0 Å². The van der Waals surface area contributed by atoms with E-state index in [0.717, 1.165) is 12.0 Å². The standard InChI is InChI=1S/C21H28N2O2/c1-4-17-10-12-19(13-11-17)20(23(2)3)14-22-21(24)16-25-15-18-8-6-5-7-9-18/h5-13,20H,4,14-16H2,1-3H3,(H,22,24). The molecule has 2 aromatic rings. The van der Waals surface area contributed by atoms with E-state index in [0.29, 0.717) is 13.2 Å². The van der Waals surface area contributed by atoms with Crippen molar-refractivity contribution in [3.63, 3.8) is 0 Å². The van der Waals surface area contributed by atoms with Crippen molar-refractivity contribution < 1.29 is 9.53 Å². The van der Waals surface area contributed by atoms with Gasteiger partial charge in [0.05, 0.1) is 12.6 Å². The van der Waals surface area contributed by atoms with Gasteiger partial charge in [-0.1, -0.05) is 61.5 Å². The second-order valence-corrected chi connectivity index (χ2v) is 6.36. The number of nitrogens with zero attached hydrogens (tertiary/aromatic N) is 1. The van der Waals surface area contributed by atoms with E-state index < -0.39 is 0 Å². The first-order valence-corrected chi connectivity index (χ1v) is 8.73. The lowest BCUT2D eigenvalue weighted by molar-refractivity contribution is -0.126. The number of carbonyl (C=O) groups is 1. The van der Waals surface area contributed by atoms with Gasteiger partial charge in [0.15, 0.2) is 0 Å². The van der Waals surface area contributed by atoms with E-state index in [1.807, 2.05) is 44.4 Å². The second kappa shape index (κ2) is 9.97. The molecule has 1 N–H and O–H groups in total. The molecule has 1 amide bonds. The molecule has 0 bridgehead atoms. The van der Waals surface area contributed by atoms with Crippen LogP contribution in [0.3, 0.4) is 0 Å². The molecule has 0 saturated carbocycles. The Labute approximate surface area is 150 Å². The van der Waals surface area contributed by atoms with E-state index in [1.54, 1.807) is 0 Å². The minimum atomic E-state index is -0.0899. The van der Waals surface area contributed by atoms with Crippen molar-refractivity contribution in [3.8, 4) is 0 Å². The Hall–Kier alpha value is -2.17. The molecular formula is C21H28N2O2. The summed E-state index contributed by atoms with van der Waals surface area (Å²) < 4.78 is 5.48. The van der Waals surface area contributed by atoms with Crippen LogP contribution in [0, 0.1) is 0 Å². The second-order valence-electron chi connectivity index (χ2n) is 6.36. The Morgan fingerprint density at radius 3 is 2.32 bits per heavy atom. The molecule has 2 aromatic carbocycles. The van der Waals surface area contributed by atoms with E-state index in [-0.39, 0.29) is 18.6 Å². The van der Waals surface area contributed by atoms with Gasteiger partial charge in [0.1, 0.15) is 6.61 Å². The van der Waals surface area contributed by atoms with Crippen molar-refractivity contribution in [2.45, 2.75) is 26.0 Å². The van der Waals surface area contributed by atoms with Gasteiger partial charge in [-0.25, -0.2) is 0 Å². The van der Waals surface area contributed by atoms with Gasteiger partial charge < -0.3 is 15.0 Å². The summed E-state index contributed by atoms with van der Waals surface area (Å²) in [6.45, 7) is 3.23. The summed E-state index contributed by atoms with van der Waals surface area (Å²) in [6, 6.07) is 18.6. The summed E-state index contributed by atoms with van der Waals surface area (Å²) in [5.41, 5.74) is 3.59. The molecule has 134 valence electrons. The molecule has 0 heterocycles. The number of hydrogen-bond donors (Lipinski definition) is 1. The lowest BCUT2D eigenvalue weighted by Gasteiger charge is -2.25. The molecule has 1 unspecified atom stereocenters. The van der Waals surface area contributed by atoms with E-state index in [2.05, 4.69) is 41.4 Å². The van der Waals surface area contributed by atoms with Gasteiger partial charge >= 0.3 is 0 Å². The first-order chi connectivity index (χ1) is 12.1.